The van der Waals surface area contributed by atoms with E-state index in [9.17, 15) is 4.79 Å². The molecule has 0 aromatic carbocycles. The quantitative estimate of drug-likeness (QED) is 0.822. The smallest absolute Gasteiger partial charge is 0.267 e. The Balaban J connectivity index is 2.22. The summed E-state index contributed by atoms with van der Waals surface area (Å²) in [6, 6.07) is 3.52. The molecule has 0 unspecified atom stereocenters. The van der Waals surface area contributed by atoms with Gasteiger partial charge in [-0.2, -0.15) is 0 Å². The summed E-state index contributed by atoms with van der Waals surface area (Å²) < 4.78 is 0. The van der Waals surface area contributed by atoms with E-state index in [2.05, 4.69) is 22.1 Å². The number of aryl methyl sites for hydroxylation is 1. The number of nitrogens with zero attached hydrogens (tertiary/aromatic N) is 1. The number of carbonyl (C=O) groups is 1. The maximum atomic E-state index is 12.2. The van der Waals surface area contributed by atoms with Crippen LogP contribution in [-0.4, -0.2) is 22.6 Å². The molecule has 96 valence electrons. The number of aliphatic hydroxyl groups is 1. The average Bonchev–Trinajstić information content (AvgIpc) is 2.87. The molecule has 2 heterocycles. The SMILES string of the molecule is Cc1cnccc1NC(=O)c1sccc1C#CCO. The van der Waals surface area contributed by atoms with E-state index in [1.165, 1.54) is 11.3 Å². The zero-order chi connectivity index (χ0) is 13.7. The van der Waals surface area contributed by atoms with E-state index in [1.54, 1.807) is 29.9 Å². The number of aromatic nitrogens is 1. The van der Waals surface area contributed by atoms with Crippen LogP contribution in [0.1, 0.15) is 20.8 Å². The summed E-state index contributed by atoms with van der Waals surface area (Å²) >= 11 is 1.32. The highest BCUT2D eigenvalue weighted by Gasteiger charge is 2.12. The molecule has 0 spiro atoms. The van der Waals surface area contributed by atoms with Gasteiger partial charge in [-0.25, -0.2) is 0 Å². The summed E-state index contributed by atoms with van der Waals surface area (Å²) in [5, 5.41) is 13.3. The number of anilines is 1. The van der Waals surface area contributed by atoms with Gasteiger partial charge in [-0.05, 0) is 30.0 Å². The van der Waals surface area contributed by atoms with E-state index in [4.69, 9.17) is 5.11 Å². The van der Waals surface area contributed by atoms with Crippen LogP contribution in [0.2, 0.25) is 0 Å². The average molecular weight is 272 g/mol. The Morgan fingerprint density at radius 3 is 3.11 bits per heavy atom. The summed E-state index contributed by atoms with van der Waals surface area (Å²) in [7, 11) is 0. The van der Waals surface area contributed by atoms with Crippen molar-refractivity contribution < 1.29 is 9.90 Å². The van der Waals surface area contributed by atoms with Gasteiger partial charge in [0.15, 0.2) is 0 Å². The van der Waals surface area contributed by atoms with Gasteiger partial charge in [-0.15, -0.1) is 11.3 Å². The van der Waals surface area contributed by atoms with Crippen LogP contribution in [0.15, 0.2) is 29.9 Å². The Labute approximate surface area is 115 Å². The fourth-order valence-electron chi connectivity index (χ4n) is 1.51. The number of pyridine rings is 1. The molecule has 0 aliphatic carbocycles. The predicted molar refractivity (Wildman–Crippen MR) is 75.2 cm³/mol. The van der Waals surface area contributed by atoms with Gasteiger partial charge in [-0.3, -0.25) is 9.78 Å². The van der Waals surface area contributed by atoms with Crippen molar-refractivity contribution in [2.24, 2.45) is 0 Å². The maximum Gasteiger partial charge on any atom is 0.267 e. The van der Waals surface area contributed by atoms with Gasteiger partial charge in [0.05, 0.1) is 0 Å². The number of rotatable bonds is 2. The zero-order valence-electron chi connectivity index (χ0n) is 10.3. The lowest BCUT2D eigenvalue weighted by atomic mass is 10.2. The molecule has 0 aliphatic rings. The highest BCUT2D eigenvalue weighted by Crippen LogP contribution is 2.19. The van der Waals surface area contributed by atoms with Gasteiger partial charge in [0.25, 0.3) is 5.91 Å². The van der Waals surface area contributed by atoms with Gasteiger partial charge in [-0.1, -0.05) is 11.8 Å². The van der Waals surface area contributed by atoms with E-state index >= 15 is 0 Å². The Kier molecular flexibility index (Phi) is 4.29. The molecular weight excluding hydrogens is 260 g/mol. The molecule has 0 atom stereocenters. The van der Waals surface area contributed by atoms with Gasteiger partial charge in [0.2, 0.25) is 0 Å². The summed E-state index contributed by atoms with van der Waals surface area (Å²) in [5.74, 6) is 5.10. The lowest BCUT2D eigenvalue weighted by Gasteiger charge is -2.06. The van der Waals surface area contributed by atoms with Crippen molar-refractivity contribution in [3.05, 3.63) is 45.9 Å². The predicted octanol–water partition coefficient (Wildman–Crippen LogP) is 2.05. The number of nitrogens with one attached hydrogen (secondary N) is 1. The summed E-state index contributed by atoms with van der Waals surface area (Å²) in [4.78, 5) is 16.7. The number of thiophene rings is 1. The summed E-state index contributed by atoms with van der Waals surface area (Å²) in [5.41, 5.74) is 2.26. The Morgan fingerprint density at radius 1 is 1.53 bits per heavy atom. The minimum Gasteiger partial charge on any atom is -0.384 e. The highest BCUT2D eigenvalue weighted by atomic mass is 32.1. The third-order valence-electron chi connectivity index (χ3n) is 2.44. The van der Waals surface area contributed by atoms with Crippen molar-refractivity contribution in [3.63, 3.8) is 0 Å². The van der Waals surface area contributed by atoms with Crippen molar-refractivity contribution in [2.45, 2.75) is 6.92 Å². The molecule has 0 saturated carbocycles. The lowest BCUT2D eigenvalue weighted by molar-refractivity contribution is 0.103. The number of hydrogen-bond acceptors (Lipinski definition) is 4. The summed E-state index contributed by atoms with van der Waals surface area (Å²) in [6.07, 6.45) is 3.32. The van der Waals surface area contributed by atoms with Gasteiger partial charge in [0.1, 0.15) is 11.5 Å². The van der Waals surface area contributed by atoms with Crippen LogP contribution in [0.25, 0.3) is 0 Å². The van der Waals surface area contributed by atoms with Gasteiger partial charge in [0, 0.05) is 23.6 Å². The van der Waals surface area contributed by atoms with E-state index < -0.39 is 0 Å². The second kappa shape index (κ2) is 6.14. The van der Waals surface area contributed by atoms with E-state index in [0.717, 1.165) is 11.3 Å². The number of carbonyl (C=O) groups excluding carboxylic acids is 1. The van der Waals surface area contributed by atoms with Crippen LogP contribution in [0.5, 0.6) is 0 Å². The molecule has 2 aromatic heterocycles. The largest absolute Gasteiger partial charge is 0.384 e. The monoisotopic (exact) mass is 272 g/mol. The van der Waals surface area contributed by atoms with Crippen molar-refractivity contribution in [3.8, 4) is 11.8 Å². The third-order valence-corrected chi connectivity index (χ3v) is 3.36. The van der Waals surface area contributed by atoms with Crippen molar-refractivity contribution in [1.82, 2.24) is 4.98 Å². The Hall–Kier alpha value is -2.16. The van der Waals surface area contributed by atoms with E-state index in [0.29, 0.717) is 10.4 Å². The Bertz CT molecular complexity index is 653. The van der Waals surface area contributed by atoms with Crippen LogP contribution >= 0.6 is 11.3 Å². The first-order valence-corrected chi connectivity index (χ1v) is 6.49. The maximum absolute atomic E-state index is 12.2. The fraction of sp³-hybridized carbons (Fsp3) is 0.143. The Morgan fingerprint density at radius 2 is 2.37 bits per heavy atom. The van der Waals surface area contributed by atoms with Gasteiger partial charge < -0.3 is 10.4 Å². The molecule has 2 N–H and O–H groups in total. The van der Waals surface area contributed by atoms with Crippen LogP contribution in [0.4, 0.5) is 5.69 Å². The highest BCUT2D eigenvalue weighted by molar-refractivity contribution is 7.12. The van der Waals surface area contributed by atoms with E-state index in [1.807, 2.05) is 6.92 Å². The number of hydrogen-bond donors (Lipinski definition) is 2. The van der Waals surface area contributed by atoms with Crippen LogP contribution in [0.3, 0.4) is 0 Å². The molecule has 2 aromatic rings. The number of amides is 1. The standard InChI is InChI=1S/C14H12N2O2S/c1-10-9-15-6-4-12(10)16-14(18)13-11(3-2-7-17)5-8-19-13/h4-6,8-9,17H,7H2,1H3,(H,15,16,18). The molecular formula is C14H12N2O2S. The normalized spacial score (nSPS) is 9.58. The molecule has 0 saturated heterocycles. The summed E-state index contributed by atoms with van der Waals surface area (Å²) in [6.45, 7) is 1.66. The van der Waals surface area contributed by atoms with Crippen LogP contribution < -0.4 is 5.32 Å². The third kappa shape index (κ3) is 3.19. The topological polar surface area (TPSA) is 62.2 Å². The molecule has 4 nitrogen and oxygen atoms in total. The minimum atomic E-state index is -0.222. The molecule has 0 bridgehead atoms. The number of aliphatic hydroxyl groups excluding tert-OH is 1. The van der Waals surface area contributed by atoms with Crippen molar-refractivity contribution >= 4 is 22.9 Å². The van der Waals surface area contributed by atoms with Gasteiger partial charge >= 0.3 is 0 Å². The second-order valence-electron chi connectivity index (χ2n) is 3.77. The minimum absolute atomic E-state index is 0.202. The zero-order valence-corrected chi connectivity index (χ0v) is 11.1. The first kappa shape index (κ1) is 13.3. The molecule has 1 amide bonds. The second-order valence-corrected chi connectivity index (χ2v) is 4.68. The molecule has 2 rings (SSSR count). The molecule has 0 aliphatic heterocycles. The molecule has 19 heavy (non-hydrogen) atoms. The van der Waals surface area contributed by atoms with E-state index in [-0.39, 0.29) is 12.5 Å². The van der Waals surface area contributed by atoms with Crippen molar-refractivity contribution in [1.29, 1.82) is 0 Å². The molecule has 0 fully saturated rings. The van der Waals surface area contributed by atoms with Crippen LogP contribution in [0, 0.1) is 18.8 Å². The lowest BCUT2D eigenvalue weighted by Crippen LogP contribution is -2.12. The van der Waals surface area contributed by atoms with Crippen molar-refractivity contribution in [2.75, 3.05) is 11.9 Å². The molecule has 0 radical (unpaired) electrons. The fourth-order valence-corrected chi connectivity index (χ4v) is 2.26. The van der Waals surface area contributed by atoms with Crippen LogP contribution in [-0.2, 0) is 0 Å². The first-order valence-electron chi connectivity index (χ1n) is 5.61. The first-order chi connectivity index (χ1) is 9.22. The molecule has 5 heteroatoms.